The number of ether oxygens (including phenoxy) is 2. The highest BCUT2D eigenvalue weighted by molar-refractivity contribution is 6.09. The maximum atomic E-state index is 13.5. The summed E-state index contributed by atoms with van der Waals surface area (Å²) >= 11 is 0. The molecule has 8 heteroatoms. The molecule has 36 heavy (non-hydrogen) atoms. The van der Waals surface area contributed by atoms with Gasteiger partial charge in [0.15, 0.2) is 11.5 Å². The lowest BCUT2D eigenvalue weighted by Gasteiger charge is -2.26. The van der Waals surface area contributed by atoms with Crippen LogP contribution < -0.4 is 14.8 Å². The second-order valence-electron chi connectivity index (χ2n) is 9.03. The summed E-state index contributed by atoms with van der Waals surface area (Å²) in [6.07, 6.45) is 0. The summed E-state index contributed by atoms with van der Waals surface area (Å²) in [4.78, 5) is 42.5. The molecule has 0 radical (unpaired) electrons. The smallest absolute Gasteiger partial charge is 0.325 e. The molecule has 3 aromatic rings. The molecule has 3 aromatic carbocycles. The SMILES string of the molecule is CC1(c2ccc3c(c2)OCCO3)NC(=O)N(CC(=O)N(Cc2ccccc2)Cc2ccccc2)C1=O. The van der Waals surface area contributed by atoms with Gasteiger partial charge in [-0.2, -0.15) is 0 Å². The predicted molar refractivity (Wildman–Crippen MR) is 132 cm³/mol. The van der Waals surface area contributed by atoms with Crippen LogP contribution in [0.4, 0.5) is 4.79 Å². The summed E-state index contributed by atoms with van der Waals surface area (Å²) in [5.41, 5.74) is 1.15. The van der Waals surface area contributed by atoms with Gasteiger partial charge in [0.05, 0.1) is 0 Å². The maximum absolute atomic E-state index is 13.5. The van der Waals surface area contributed by atoms with E-state index >= 15 is 0 Å². The molecule has 2 aliphatic heterocycles. The number of fused-ring (bicyclic) bond motifs is 1. The molecule has 0 aliphatic carbocycles. The number of urea groups is 1. The summed E-state index contributed by atoms with van der Waals surface area (Å²) in [7, 11) is 0. The van der Waals surface area contributed by atoms with E-state index in [1.165, 1.54) is 0 Å². The largest absolute Gasteiger partial charge is 0.486 e. The van der Waals surface area contributed by atoms with Crippen molar-refractivity contribution in [3.8, 4) is 11.5 Å². The van der Waals surface area contributed by atoms with Crippen LogP contribution in [0.15, 0.2) is 78.9 Å². The number of rotatable bonds is 7. The van der Waals surface area contributed by atoms with E-state index in [0.717, 1.165) is 16.0 Å². The van der Waals surface area contributed by atoms with E-state index in [0.29, 0.717) is 43.4 Å². The molecule has 1 atom stereocenters. The van der Waals surface area contributed by atoms with Crippen LogP contribution in [0, 0.1) is 0 Å². The van der Waals surface area contributed by atoms with E-state index in [9.17, 15) is 14.4 Å². The predicted octanol–water partition coefficient (Wildman–Crippen LogP) is 3.45. The standard InChI is InChI=1S/C28H27N3O5/c1-28(22-12-13-23-24(16-22)36-15-14-35-23)26(33)31(27(34)29-28)19-25(32)30(17-20-8-4-2-5-9-20)18-21-10-6-3-7-11-21/h2-13,16H,14-15,17-19H2,1H3,(H,29,34). The number of carbonyl (C=O) groups excluding carboxylic acids is 3. The Morgan fingerprint density at radius 2 is 1.47 bits per heavy atom. The second-order valence-corrected chi connectivity index (χ2v) is 9.03. The van der Waals surface area contributed by atoms with Crippen LogP contribution in [0.3, 0.4) is 0 Å². The molecule has 184 valence electrons. The molecular formula is C28H27N3O5. The molecule has 8 nitrogen and oxygen atoms in total. The number of nitrogens with one attached hydrogen (secondary N) is 1. The zero-order chi connectivity index (χ0) is 25.1. The Balaban J connectivity index is 1.36. The van der Waals surface area contributed by atoms with Crippen molar-refractivity contribution in [3.05, 3.63) is 95.6 Å². The zero-order valence-corrected chi connectivity index (χ0v) is 20.0. The van der Waals surface area contributed by atoms with Gasteiger partial charge < -0.3 is 19.7 Å². The first-order valence-electron chi connectivity index (χ1n) is 11.8. The molecule has 0 aromatic heterocycles. The molecule has 2 aliphatic rings. The number of amides is 4. The van der Waals surface area contributed by atoms with Gasteiger partial charge in [0.1, 0.15) is 25.3 Å². The Morgan fingerprint density at radius 3 is 2.08 bits per heavy atom. The first kappa shape index (κ1) is 23.4. The normalized spacial score (nSPS) is 18.6. The lowest BCUT2D eigenvalue weighted by molar-refractivity contribution is -0.139. The molecule has 4 amide bonds. The highest BCUT2D eigenvalue weighted by Gasteiger charge is 2.50. The third-order valence-electron chi connectivity index (χ3n) is 6.47. The van der Waals surface area contributed by atoms with Crippen LogP contribution in [-0.4, -0.2) is 47.4 Å². The Hall–Kier alpha value is -4.33. The number of carbonyl (C=O) groups is 3. The van der Waals surface area contributed by atoms with Gasteiger partial charge in [0, 0.05) is 13.1 Å². The minimum absolute atomic E-state index is 0.322. The van der Waals surface area contributed by atoms with Crippen LogP contribution in [0.2, 0.25) is 0 Å². The van der Waals surface area contributed by atoms with Crippen molar-refractivity contribution in [2.45, 2.75) is 25.6 Å². The second kappa shape index (κ2) is 9.73. The summed E-state index contributed by atoms with van der Waals surface area (Å²) in [5.74, 6) is 0.304. The van der Waals surface area contributed by atoms with E-state index in [4.69, 9.17) is 9.47 Å². The molecule has 5 rings (SSSR count). The van der Waals surface area contributed by atoms with Crippen molar-refractivity contribution in [1.82, 2.24) is 15.1 Å². The maximum Gasteiger partial charge on any atom is 0.325 e. The van der Waals surface area contributed by atoms with Crippen molar-refractivity contribution < 1.29 is 23.9 Å². The Bertz CT molecular complexity index is 1240. The minimum Gasteiger partial charge on any atom is -0.486 e. The van der Waals surface area contributed by atoms with E-state index in [1.54, 1.807) is 30.0 Å². The van der Waals surface area contributed by atoms with Crippen molar-refractivity contribution in [2.75, 3.05) is 19.8 Å². The molecule has 1 fully saturated rings. The molecule has 1 saturated heterocycles. The van der Waals surface area contributed by atoms with Gasteiger partial charge in [-0.25, -0.2) is 4.79 Å². The van der Waals surface area contributed by atoms with Gasteiger partial charge in [-0.05, 0) is 35.7 Å². The number of hydrogen-bond donors (Lipinski definition) is 1. The molecular weight excluding hydrogens is 458 g/mol. The topological polar surface area (TPSA) is 88.2 Å². The van der Waals surface area contributed by atoms with E-state index in [2.05, 4.69) is 5.32 Å². The fourth-order valence-corrected chi connectivity index (χ4v) is 4.47. The van der Waals surface area contributed by atoms with Gasteiger partial charge in [0.2, 0.25) is 5.91 Å². The molecule has 0 spiro atoms. The van der Waals surface area contributed by atoms with Gasteiger partial charge in [-0.15, -0.1) is 0 Å². The van der Waals surface area contributed by atoms with Crippen LogP contribution in [0.5, 0.6) is 11.5 Å². The van der Waals surface area contributed by atoms with Crippen LogP contribution in [0.25, 0.3) is 0 Å². The van der Waals surface area contributed by atoms with E-state index in [1.807, 2.05) is 60.7 Å². The summed E-state index contributed by atoms with van der Waals surface area (Å²) in [6.45, 7) is 2.86. The van der Waals surface area contributed by atoms with Crippen LogP contribution in [-0.2, 0) is 28.2 Å². The fourth-order valence-electron chi connectivity index (χ4n) is 4.47. The van der Waals surface area contributed by atoms with Gasteiger partial charge >= 0.3 is 6.03 Å². The van der Waals surface area contributed by atoms with Crippen LogP contribution >= 0.6 is 0 Å². The molecule has 1 N–H and O–H groups in total. The Labute approximate surface area is 209 Å². The molecule has 2 heterocycles. The fraction of sp³-hybridized carbons (Fsp3) is 0.250. The first-order valence-corrected chi connectivity index (χ1v) is 11.8. The minimum atomic E-state index is -1.32. The van der Waals surface area contributed by atoms with E-state index < -0.39 is 17.5 Å². The quantitative estimate of drug-likeness (QED) is 0.518. The number of imide groups is 1. The number of hydrogen-bond acceptors (Lipinski definition) is 5. The molecule has 0 saturated carbocycles. The van der Waals surface area contributed by atoms with Crippen molar-refractivity contribution in [3.63, 3.8) is 0 Å². The zero-order valence-electron chi connectivity index (χ0n) is 20.0. The average molecular weight is 486 g/mol. The number of benzene rings is 3. The average Bonchev–Trinajstić information content (AvgIpc) is 3.13. The third-order valence-corrected chi connectivity index (χ3v) is 6.47. The summed E-state index contributed by atoms with van der Waals surface area (Å²) < 4.78 is 11.2. The summed E-state index contributed by atoms with van der Waals surface area (Å²) in [6, 6.07) is 23.8. The van der Waals surface area contributed by atoms with Crippen molar-refractivity contribution in [2.24, 2.45) is 0 Å². The van der Waals surface area contributed by atoms with Gasteiger partial charge in [0.25, 0.3) is 5.91 Å². The van der Waals surface area contributed by atoms with Gasteiger partial charge in [-0.3, -0.25) is 14.5 Å². The van der Waals surface area contributed by atoms with E-state index in [-0.39, 0.29) is 12.5 Å². The monoisotopic (exact) mass is 485 g/mol. The molecule has 0 bridgehead atoms. The van der Waals surface area contributed by atoms with Gasteiger partial charge in [-0.1, -0.05) is 66.7 Å². The Kier molecular flexibility index (Phi) is 6.33. The number of nitrogens with zero attached hydrogens (tertiary/aromatic N) is 2. The van der Waals surface area contributed by atoms with Crippen molar-refractivity contribution in [1.29, 1.82) is 0 Å². The highest BCUT2D eigenvalue weighted by atomic mass is 16.6. The Morgan fingerprint density at radius 1 is 0.889 bits per heavy atom. The van der Waals surface area contributed by atoms with Crippen molar-refractivity contribution >= 4 is 17.8 Å². The highest BCUT2D eigenvalue weighted by Crippen LogP contribution is 2.36. The van der Waals surface area contributed by atoms with Crippen LogP contribution in [0.1, 0.15) is 23.6 Å². The summed E-state index contributed by atoms with van der Waals surface area (Å²) in [5, 5.41) is 2.77. The molecule has 1 unspecified atom stereocenters. The first-order chi connectivity index (χ1) is 17.4. The lowest BCUT2D eigenvalue weighted by Crippen LogP contribution is -2.44. The third kappa shape index (κ3) is 4.62. The lowest BCUT2D eigenvalue weighted by atomic mass is 9.91.